The first-order valence-electron chi connectivity index (χ1n) is 6.48. The van der Waals surface area contributed by atoms with E-state index in [4.69, 9.17) is 5.73 Å². The molecule has 0 aliphatic rings. The van der Waals surface area contributed by atoms with Crippen molar-refractivity contribution in [3.63, 3.8) is 0 Å². The molecule has 1 aromatic carbocycles. The Balaban J connectivity index is 2.51. The van der Waals surface area contributed by atoms with Gasteiger partial charge in [-0.05, 0) is 30.0 Å². The molecule has 0 fully saturated rings. The lowest BCUT2D eigenvalue weighted by Gasteiger charge is -2.15. The van der Waals surface area contributed by atoms with Crippen molar-refractivity contribution < 1.29 is 15.0 Å². The van der Waals surface area contributed by atoms with Gasteiger partial charge in [-0.25, -0.2) is 0 Å². The Labute approximate surface area is 113 Å². The van der Waals surface area contributed by atoms with Crippen LogP contribution in [0.1, 0.15) is 25.8 Å². The highest BCUT2D eigenvalue weighted by Gasteiger charge is 2.15. The lowest BCUT2D eigenvalue weighted by Crippen LogP contribution is -2.43. The van der Waals surface area contributed by atoms with Gasteiger partial charge in [-0.2, -0.15) is 0 Å². The first-order chi connectivity index (χ1) is 8.93. The van der Waals surface area contributed by atoms with Gasteiger partial charge in [0.15, 0.2) is 11.5 Å². The highest BCUT2D eigenvalue weighted by atomic mass is 16.3. The standard InChI is InChI=1S/C14H22N2O3/c1-3-9(2)8-16-14(19)11(15)6-10-4-5-12(17)13(18)7-10/h4-5,7,9,11,17-18H,3,6,8,15H2,1-2H3,(H,16,19)/t9?,11-/m0/s1. The van der Waals surface area contributed by atoms with E-state index >= 15 is 0 Å². The molecule has 0 heterocycles. The molecule has 0 aliphatic carbocycles. The van der Waals surface area contributed by atoms with E-state index in [2.05, 4.69) is 19.2 Å². The average molecular weight is 266 g/mol. The van der Waals surface area contributed by atoms with Crippen molar-refractivity contribution in [1.82, 2.24) is 5.32 Å². The van der Waals surface area contributed by atoms with Gasteiger partial charge in [-0.1, -0.05) is 26.3 Å². The number of phenolic OH excluding ortho intramolecular Hbond substituents is 2. The van der Waals surface area contributed by atoms with Gasteiger partial charge in [-0.3, -0.25) is 4.79 Å². The number of nitrogens with one attached hydrogen (secondary N) is 1. The molecule has 5 nitrogen and oxygen atoms in total. The van der Waals surface area contributed by atoms with Crippen LogP contribution in [-0.4, -0.2) is 28.7 Å². The molecule has 1 unspecified atom stereocenters. The molecule has 0 aromatic heterocycles. The molecule has 106 valence electrons. The van der Waals surface area contributed by atoms with Crippen LogP contribution in [0.15, 0.2) is 18.2 Å². The Hall–Kier alpha value is -1.75. The van der Waals surface area contributed by atoms with Crippen LogP contribution in [0, 0.1) is 5.92 Å². The molecule has 5 N–H and O–H groups in total. The zero-order valence-electron chi connectivity index (χ0n) is 11.4. The topological polar surface area (TPSA) is 95.6 Å². The third kappa shape index (κ3) is 4.79. The summed E-state index contributed by atoms with van der Waals surface area (Å²) in [5.74, 6) is -0.162. The number of carbonyl (C=O) groups is 1. The SMILES string of the molecule is CCC(C)CNC(=O)[C@@H](N)Cc1ccc(O)c(O)c1. The van der Waals surface area contributed by atoms with Crippen molar-refractivity contribution >= 4 is 5.91 Å². The van der Waals surface area contributed by atoms with Crippen molar-refractivity contribution in [1.29, 1.82) is 0 Å². The first kappa shape index (κ1) is 15.3. The summed E-state index contributed by atoms with van der Waals surface area (Å²) < 4.78 is 0. The number of phenols is 2. The van der Waals surface area contributed by atoms with Gasteiger partial charge in [0.05, 0.1) is 6.04 Å². The monoisotopic (exact) mass is 266 g/mol. The molecule has 2 atom stereocenters. The highest BCUT2D eigenvalue weighted by Crippen LogP contribution is 2.25. The minimum atomic E-state index is -0.659. The summed E-state index contributed by atoms with van der Waals surface area (Å²) in [6.45, 7) is 4.74. The second-order valence-corrected chi connectivity index (χ2v) is 4.89. The van der Waals surface area contributed by atoms with E-state index in [0.29, 0.717) is 24.4 Å². The van der Waals surface area contributed by atoms with Gasteiger partial charge in [0.1, 0.15) is 0 Å². The van der Waals surface area contributed by atoms with Crippen molar-refractivity contribution in [2.24, 2.45) is 11.7 Å². The largest absolute Gasteiger partial charge is 0.504 e. The highest BCUT2D eigenvalue weighted by molar-refractivity contribution is 5.81. The number of hydrogen-bond acceptors (Lipinski definition) is 4. The predicted octanol–water partition coefficient (Wildman–Crippen LogP) is 1.13. The third-order valence-corrected chi connectivity index (χ3v) is 3.15. The molecule has 19 heavy (non-hydrogen) atoms. The van der Waals surface area contributed by atoms with Crippen molar-refractivity contribution in [3.8, 4) is 11.5 Å². The maximum Gasteiger partial charge on any atom is 0.237 e. The maximum absolute atomic E-state index is 11.8. The molecule has 0 saturated heterocycles. The molecular weight excluding hydrogens is 244 g/mol. The van der Waals surface area contributed by atoms with Crippen LogP contribution < -0.4 is 11.1 Å². The molecule has 0 aliphatic heterocycles. The number of carbonyl (C=O) groups excluding carboxylic acids is 1. The molecule has 5 heteroatoms. The van der Waals surface area contributed by atoms with Crippen LogP contribution in [0.5, 0.6) is 11.5 Å². The minimum Gasteiger partial charge on any atom is -0.504 e. The zero-order valence-corrected chi connectivity index (χ0v) is 11.4. The fourth-order valence-corrected chi connectivity index (χ4v) is 1.59. The fourth-order valence-electron chi connectivity index (χ4n) is 1.59. The van der Waals surface area contributed by atoms with E-state index in [1.54, 1.807) is 6.07 Å². The molecule has 0 bridgehead atoms. The summed E-state index contributed by atoms with van der Waals surface area (Å²) in [5.41, 5.74) is 6.52. The Morgan fingerprint density at radius 1 is 1.37 bits per heavy atom. The summed E-state index contributed by atoms with van der Waals surface area (Å²) in [5, 5.41) is 21.4. The van der Waals surface area contributed by atoms with Crippen LogP contribution in [0.25, 0.3) is 0 Å². The summed E-state index contributed by atoms with van der Waals surface area (Å²) >= 11 is 0. The van der Waals surface area contributed by atoms with Gasteiger partial charge in [-0.15, -0.1) is 0 Å². The average Bonchev–Trinajstić information content (AvgIpc) is 2.39. The molecule has 1 rings (SSSR count). The van der Waals surface area contributed by atoms with Gasteiger partial charge < -0.3 is 21.3 Å². The van der Waals surface area contributed by atoms with E-state index in [9.17, 15) is 15.0 Å². The number of nitrogens with two attached hydrogens (primary N) is 1. The van der Waals surface area contributed by atoms with Gasteiger partial charge in [0, 0.05) is 6.54 Å². The smallest absolute Gasteiger partial charge is 0.237 e. The molecule has 0 radical (unpaired) electrons. The maximum atomic E-state index is 11.8. The molecule has 1 amide bonds. The Morgan fingerprint density at radius 3 is 2.63 bits per heavy atom. The molecule has 1 aromatic rings. The van der Waals surface area contributed by atoms with Gasteiger partial charge >= 0.3 is 0 Å². The van der Waals surface area contributed by atoms with E-state index in [-0.39, 0.29) is 17.4 Å². The zero-order chi connectivity index (χ0) is 14.4. The van der Waals surface area contributed by atoms with Gasteiger partial charge in [0.25, 0.3) is 0 Å². The van der Waals surface area contributed by atoms with E-state index in [0.717, 1.165) is 6.42 Å². The third-order valence-electron chi connectivity index (χ3n) is 3.15. The Bertz CT molecular complexity index is 435. The number of rotatable bonds is 6. The lowest BCUT2D eigenvalue weighted by molar-refractivity contribution is -0.122. The van der Waals surface area contributed by atoms with Crippen LogP contribution in [0.4, 0.5) is 0 Å². The number of aromatic hydroxyl groups is 2. The fraction of sp³-hybridized carbons (Fsp3) is 0.500. The second-order valence-electron chi connectivity index (χ2n) is 4.89. The summed E-state index contributed by atoms with van der Waals surface area (Å²) in [6.07, 6.45) is 1.32. The first-order valence-corrected chi connectivity index (χ1v) is 6.48. The lowest BCUT2D eigenvalue weighted by atomic mass is 10.0. The van der Waals surface area contributed by atoms with Crippen molar-refractivity contribution in [3.05, 3.63) is 23.8 Å². The van der Waals surface area contributed by atoms with E-state index < -0.39 is 6.04 Å². The predicted molar refractivity (Wildman–Crippen MR) is 73.9 cm³/mol. The molecule has 0 spiro atoms. The Morgan fingerprint density at radius 2 is 2.05 bits per heavy atom. The summed E-state index contributed by atoms with van der Waals surface area (Å²) in [4.78, 5) is 11.8. The van der Waals surface area contributed by atoms with Crippen LogP contribution in [0.2, 0.25) is 0 Å². The summed E-state index contributed by atoms with van der Waals surface area (Å²) in [6, 6.07) is 3.77. The van der Waals surface area contributed by atoms with Crippen LogP contribution in [0.3, 0.4) is 0 Å². The molecule has 0 saturated carbocycles. The molecular formula is C14H22N2O3. The van der Waals surface area contributed by atoms with E-state index in [1.807, 2.05) is 0 Å². The number of amides is 1. The van der Waals surface area contributed by atoms with Crippen molar-refractivity contribution in [2.75, 3.05) is 6.54 Å². The Kier molecular flexibility index (Phi) is 5.63. The number of hydrogen-bond donors (Lipinski definition) is 4. The number of benzene rings is 1. The second kappa shape index (κ2) is 6.99. The minimum absolute atomic E-state index is 0.182. The van der Waals surface area contributed by atoms with Crippen molar-refractivity contribution in [2.45, 2.75) is 32.7 Å². The van der Waals surface area contributed by atoms with E-state index in [1.165, 1.54) is 12.1 Å². The quantitative estimate of drug-likeness (QED) is 0.580. The normalized spacial score (nSPS) is 13.8. The van der Waals surface area contributed by atoms with Crippen LogP contribution >= 0.6 is 0 Å². The summed E-state index contributed by atoms with van der Waals surface area (Å²) in [7, 11) is 0. The van der Waals surface area contributed by atoms with Gasteiger partial charge in [0.2, 0.25) is 5.91 Å². The van der Waals surface area contributed by atoms with Crippen LogP contribution in [-0.2, 0) is 11.2 Å².